The minimum atomic E-state index is -4.23. The smallest absolute Gasteiger partial charge is 0.264 e. The summed E-state index contributed by atoms with van der Waals surface area (Å²) in [4.78, 5) is 28.5. The van der Waals surface area contributed by atoms with Crippen LogP contribution in [-0.2, 0) is 26.2 Å². The Labute approximate surface area is 243 Å². The third kappa shape index (κ3) is 8.00. The van der Waals surface area contributed by atoms with Gasteiger partial charge in [-0.1, -0.05) is 55.3 Å². The molecule has 0 aliphatic carbocycles. The number of nitrogens with one attached hydrogen (secondary N) is 1. The quantitative estimate of drug-likeness (QED) is 0.280. The first-order chi connectivity index (χ1) is 19.6. The molecule has 0 bridgehead atoms. The molecule has 3 aromatic carbocycles. The van der Waals surface area contributed by atoms with Gasteiger partial charge in [-0.3, -0.25) is 13.9 Å². The third-order valence-electron chi connectivity index (χ3n) is 6.75. The van der Waals surface area contributed by atoms with Crippen LogP contribution in [0.4, 0.5) is 5.69 Å². The van der Waals surface area contributed by atoms with E-state index < -0.39 is 28.5 Å². The summed E-state index contributed by atoms with van der Waals surface area (Å²) in [6.45, 7) is 5.71. The molecule has 0 aliphatic heterocycles. The van der Waals surface area contributed by atoms with E-state index in [-0.39, 0.29) is 28.8 Å². The van der Waals surface area contributed by atoms with Crippen molar-refractivity contribution >= 4 is 27.5 Å². The molecule has 0 unspecified atom stereocenters. The van der Waals surface area contributed by atoms with Gasteiger partial charge in [0, 0.05) is 13.1 Å². The number of para-hydroxylation sites is 2. The van der Waals surface area contributed by atoms with E-state index in [2.05, 4.69) is 5.32 Å². The molecule has 1 N–H and O–H groups in total. The molecular weight excluding hydrogens is 542 g/mol. The summed E-state index contributed by atoms with van der Waals surface area (Å²) in [6, 6.07) is 19.3. The molecule has 0 saturated carbocycles. The van der Waals surface area contributed by atoms with Crippen molar-refractivity contribution in [3.05, 3.63) is 83.9 Å². The lowest BCUT2D eigenvalue weighted by atomic mass is 10.1. The maximum absolute atomic E-state index is 14.0. The number of nitrogens with zero attached hydrogens (tertiary/aromatic N) is 2. The SMILES string of the molecule is CCCCNC(=O)[C@@H](C)N(Cc1ccc(C)cc1)C(=O)CN(c1ccccc1OC)S(=O)(=O)c1ccc(OC)cc1. The van der Waals surface area contributed by atoms with Crippen molar-refractivity contribution in [2.75, 3.05) is 31.6 Å². The van der Waals surface area contributed by atoms with E-state index in [9.17, 15) is 18.0 Å². The van der Waals surface area contributed by atoms with Gasteiger partial charge < -0.3 is 19.7 Å². The van der Waals surface area contributed by atoms with E-state index >= 15 is 0 Å². The van der Waals surface area contributed by atoms with Crippen molar-refractivity contribution in [1.82, 2.24) is 10.2 Å². The zero-order valence-corrected chi connectivity index (χ0v) is 25.1. The van der Waals surface area contributed by atoms with Crippen LogP contribution < -0.4 is 19.1 Å². The van der Waals surface area contributed by atoms with Gasteiger partial charge in [0.1, 0.15) is 24.1 Å². The number of hydrogen-bond donors (Lipinski definition) is 1. The van der Waals surface area contributed by atoms with Crippen molar-refractivity contribution < 1.29 is 27.5 Å². The number of methoxy groups -OCH3 is 2. The Morgan fingerprint density at radius 1 is 0.927 bits per heavy atom. The predicted molar refractivity (Wildman–Crippen MR) is 160 cm³/mol. The van der Waals surface area contributed by atoms with E-state index in [0.717, 1.165) is 28.3 Å². The second-order valence-electron chi connectivity index (χ2n) is 9.69. The predicted octanol–water partition coefficient (Wildman–Crippen LogP) is 4.54. The second-order valence-corrected chi connectivity index (χ2v) is 11.5. The van der Waals surface area contributed by atoms with Crippen molar-refractivity contribution in [3.63, 3.8) is 0 Å². The first kappa shape index (κ1) is 31.5. The molecule has 0 fully saturated rings. The molecule has 3 rings (SSSR count). The van der Waals surface area contributed by atoms with Crippen LogP contribution in [0.3, 0.4) is 0 Å². The number of amides is 2. The first-order valence-electron chi connectivity index (χ1n) is 13.5. The highest BCUT2D eigenvalue weighted by molar-refractivity contribution is 7.92. The fourth-order valence-corrected chi connectivity index (χ4v) is 5.66. The van der Waals surface area contributed by atoms with E-state index in [0.29, 0.717) is 12.3 Å². The molecule has 10 heteroatoms. The molecule has 41 heavy (non-hydrogen) atoms. The van der Waals surface area contributed by atoms with Gasteiger partial charge in [0.2, 0.25) is 11.8 Å². The second kappa shape index (κ2) is 14.5. The molecule has 0 aliphatic rings. The van der Waals surface area contributed by atoms with Gasteiger partial charge in [-0.2, -0.15) is 0 Å². The van der Waals surface area contributed by atoms with Crippen LogP contribution in [0.5, 0.6) is 11.5 Å². The maximum Gasteiger partial charge on any atom is 0.264 e. The molecule has 0 spiro atoms. The van der Waals surface area contributed by atoms with Crippen LogP contribution in [0, 0.1) is 6.92 Å². The minimum absolute atomic E-state index is 0.0209. The fourth-order valence-electron chi connectivity index (χ4n) is 4.23. The summed E-state index contributed by atoms with van der Waals surface area (Å²) in [5.41, 5.74) is 2.08. The summed E-state index contributed by atoms with van der Waals surface area (Å²) < 4.78 is 39.7. The summed E-state index contributed by atoms with van der Waals surface area (Å²) in [6.07, 6.45) is 1.73. The molecule has 0 aromatic heterocycles. The Balaban J connectivity index is 2.03. The molecule has 1 atom stereocenters. The maximum atomic E-state index is 14.0. The molecule has 0 saturated heterocycles. The number of benzene rings is 3. The van der Waals surface area contributed by atoms with Crippen molar-refractivity contribution in [2.45, 2.75) is 51.1 Å². The number of carbonyl (C=O) groups excluding carboxylic acids is 2. The lowest BCUT2D eigenvalue weighted by Gasteiger charge is -2.32. The van der Waals surface area contributed by atoms with Crippen LogP contribution in [0.25, 0.3) is 0 Å². The number of hydrogen-bond acceptors (Lipinski definition) is 6. The Kier molecular flexibility index (Phi) is 11.2. The van der Waals surface area contributed by atoms with Gasteiger partial charge in [0.05, 0.1) is 24.8 Å². The standard InChI is InChI=1S/C31H39N3O6S/c1-6-7-20-32-31(36)24(3)33(21-25-14-12-23(2)13-15-25)30(35)22-34(28-10-8-9-11-29(28)40-5)41(37,38)27-18-16-26(39-4)17-19-27/h8-19,24H,6-7,20-22H2,1-5H3,(H,32,36)/t24-/m1/s1. The van der Waals surface area contributed by atoms with Crippen molar-refractivity contribution in [1.29, 1.82) is 0 Å². The van der Waals surface area contributed by atoms with Gasteiger partial charge in [0.25, 0.3) is 10.0 Å². The molecule has 9 nitrogen and oxygen atoms in total. The fraction of sp³-hybridized carbons (Fsp3) is 0.355. The molecular formula is C31H39N3O6S. The summed E-state index contributed by atoms with van der Waals surface area (Å²) in [7, 11) is -1.31. The minimum Gasteiger partial charge on any atom is -0.497 e. The van der Waals surface area contributed by atoms with Gasteiger partial charge >= 0.3 is 0 Å². The zero-order chi connectivity index (χ0) is 30.0. The van der Waals surface area contributed by atoms with Gasteiger partial charge in [-0.25, -0.2) is 8.42 Å². The average molecular weight is 582 g/mol. The normalized spacial score (nSPS) is 11.8. The summed E-state index contributed by atoms with van der Waals surface area (Å²) >= 11 is 0. The van der Waals surface area contributed by atoms with E-state index in [1.807, 2.05) is 38.1 Å². The third-order valence-corrected chi connectivity index (χ3v) is 8.52. The number of carbonyl (C=O) groups is 2. The molecule has 0 heterocycles. The van der Waals surface area contributed by atoms with Crippen molar-refractivity contribution in [2.24, 2.45) is 0 Å². The van der Waals surface area contributed by atoms with E-state index in [1.165, 1.54) is 31.3 Å². The lowest BCUT2D eigenvalue weighted by molar-refractivity contribution is -0.139. The summed E-state index contributed by atoms with van der Waals surface area (Å²) in [5.74, 6) is -0.0589. The number of ether oxygens (including phenoxy) is 2. The van der Waals surface area contributed by atoms with E-state index in [4.69, 9.17) is 9.47 Å². The zero-order valence-electron chi connectivity index (χ0n) is 24.3. The van der Waals surface area contributed by atoms with E-state index in [1.54, 1.807) is 43.3 Å². The van der Waals surface area contributed by atoms with Crippen molar-refractivity contribution in [3.8, 4) is 11.5 Å². The lowest BCUT2D eigenvalue weighted by Crippen LogP contribution is -2.51. The Morgan fingerprint density at radius 2 is 1.59 bits per heavy atom. The number of sulfonamides is 1. The Hall–Kier alpha value is -4.05. The average Bonchev–Trinajstić information content (AvgIpc) is 2.99. The van der Waals surface area contributed by atoms with Crippen LogP contribution >= 0.6 is 0 Å². The number of unbranched alkanes of at least 4 members (excludes halogenated alkanes) is 1. The number of anilines is 1. The highest BCUT2D eigenvalue weighted by atomic mass is 32.2. The molecule has 3 aromatic rings. The van der Waals surface area contributed by atoms with Crippen LogP contribution in [0.2, 0.25) is 0 Å². The van der Waals surface area contributed by atoms with Gasteiger partial charge in [0.15, 0.2) is 0 Å². The Morgan fingerprint density at radius 3 is 2.20 bits per heavy atom. The first-order valence-corrected chi connectivity index (χ1v) is 15.0. The Bertz CT molecular complexity index is 1410. The monoisotopic (exact) mass is 581 g/mol. The highest BCUT2D eigenvalue weighted by Crippen LogP contribution is 2.33. The summed E-state index contributed by atoms with van der Waals surface area (Å²) in [5, 5.41) is 2.89. The van der Waals surface area contributed by atoms with Gasteiger partial charge in [-0.15, -0.1) is 0 Å². The molecule has 0 radical (unpaired) electrons. The molecule has 220 valence electrons. The number of rotatable bonds is 14. The van der Waals surface area contributed by atoms with Crippen LogP contribution in [0.1, 0.15) is 37.8 Å². The largest absolute Gasteiger partial charge is 0.497 e. The molecule has 2 amide bonds. The van der Waals surface area contributed by atoms with Gasteiger partial charge in [-0.05, 0) is 62.2 Å². The van der Waals surface area contributed by atoms with Crippen LogP contribution in [-0.4, -0.2) is 58.5 Å². The number of aryl methyl sites for hydroxylation is 1. The highest BCUT2D eigenvalue weighted by Gasteiger charge is 2.33. The van der Waals surface area contributed by atoms with Crippen LogP contribution in [0.15, 0.2) is 77.7 Å². The topological polar surface area (TPSA) is 105 Å².